The van der Waals surface area contributed by atoms with E-state index in [9.17, 15) is 4.79 Å². The summed E-state index contributed by atoms with van der Waals surface area (Å²) in [6.45, 7) is 6.26. The van der Waals surface area contributed by atoms with Crippen LogP contribution >= 0.6 is 0 Å². The summed E-state index contributed by atoms with van der Waals surface area (Å²) >= 11 is 0. The summed E-state index contributed by atoms with van der Waals surface area (Å²) in [5.74, 6) is 0.479. The third-order valence-electron chi connectivity index (χ3n) is 2.86. The fourth-order valence-corrected chi connectivity index (χ4v) is 1.89. The maximum atomic E-state index is 12.0. The van der Waals surface area contributed by atoms with E-state index < -0.39 is 0 Å². The molecule has 0 spiro atoms. The highest BCUT2D eigenvalue weighted by Crippen LogP contribution is 2.18. The minimum Gasteiger partial charge on any atom is -0.409 e. The van der Waals surface area contributed by atoms with E-state index in [0.29, 0.717) is 12.3 Å². The van der Waals surface area contributed by atoms with Crippen LogP contribution in [0.5, 0.6) is 5.75 Å². The lowest BCUT2D eigenvalue weighted by Gasteiger charge is -2.41. The van der Waals surface area contributed by atoms with Gasteiger partial charge >= 0.3 is 6.09 Å². The molecule has 1 aliphatic rings. The summed E-state index contributed by atoms with van der Waals surface area (Å²) in [7, 11) is 0. The minimum absolute atomic E-state index is 0.225. The summed E-state index contributed by atoms with van der Waals surface area (Å²) in [5, 5.41) is 3.26. The molecule has 1 aliphatic heterocycles. The zero-order valence-electron chi connectivity index (χ0n) is 10.1. The molecule has 1 fully saturated rings. The fraction of sp³-hybridized carbons (Fsp3) is 0.500. The number of carbonyl (C=O) groups is 1. The number of hydrogen-bond acceptors (Lipinski definition) is 4. The molecule has 1 amide bonds. The normalized spacial score (nSPS) is 18.8. The van der Waals surface area contributed by atoms with Crippen molar-refractivity contribution in [1.29, 1.82) is 0 Å². The van der Waals surface area contributed by atoms with Gasteiger partial charge in [-0.2, -0.15) is 0 Å². The molecule has 5 heteroatoms. The number of aromatic nitrogens is 1. The van der Waals surface area contributed by atoms with Crippen LogP contribution in [0.3, 0.4) is 0 Å². The van der Waals surface area contributed by atoms with Crippen molar-refractivity contribution in [2.24, 2.45) is 0 Å². The Morgan fingerprint density at radius 2 is 2.41 bits per heavy atom. The molecule has 0 atom stereocenters. The van der Waals surface area contributed by atoms with Crippen molar-refractivity contribution in [2.75, 3.05) is 19.6 Å². The zero-order valence-corrected chi connectivity index (χ0v) is 10.1. The predicted molar refractivity (Wildman–Crippen MR) is 63.9 cm³/mol. The number of ether oxygens (including phenoxy) is 1. The van der Waals surface area contributed by atoms with Crippen LogP contribution in [-0.4, -0.2) is 41.2 Å². The molecule has 1 aromatic rings. The van der Waals surface area contributed by atoms with Crippen LogP contribution < -0.4 is 10.1 Å². The number of nitrogens with one attached hydrogen (secondary N) is 1. The van der Waals surface area contributed by atoms with Crippen molar-refractivity contribution in [3.63, 3.8) is 0 Å². The second-order valence-corrected chi connectivity index (χ2v) is 4.70. The first-order valence-electron chi connectivity index (χ1n) is 5.70. The van der Waals surface area contributed by atoms with Crippen LogP contribution in [0.25, 0.3) is 0 Å². The van der Waals surface area contributed by atoms with Crippen molar-refractivity contribution >= 4 is 6.09 Å². The van der Waals surface area contributed by atoms with Gasteiger partial charge in [0.1, 0.15) is 0 Å². The van der Waals surface area contributed by atoms with Crippen molar-refractivity contribution < 1.29 is 9.53 Å². The maximum absolute atomic E-state index is 12.0. The summed E-state index contributed by atoms with van der Waals surface area (Å²) < 4.78 is 5.29. The highest BCUT2D eigenvalue weighted by molar-refractivity contribution is 5.71. The molecule has 2 heterocycles. The zero-order chi connectivity index (χ0) is 12.3. The Morgan fingerprint density at radius 3 is 3.06 bits per heavy atom. The molecular weight excluding hydrogens is 218 g/mol. The number of carbonyl (C=O) groups excluding carboxylic acids is 1. The molecule has 0 aliphatic carbocycles. The number of nitrogens with zero attached hydrogens (tertiary/aromatic N) is 2. The summed E-state index contributed by atoms with van der Waals surface area (Å²) in [6, 6.07) is 3.46. The van der Waals surface area contributed by atoms with E-state index >= 15 is 0 Å². The first-order valence-corrected chi connectivity index (χ1v) is 5.70. The van der Waals surface area contributed by atoms with Gasteiger partial charge in [0, 0.05) is 25.8 Å². The molecule has 1 aromatic heterocycles. The average Bonchev–Trinajstić information content (AvgIpc) is 2.29. The molecule has 0 unspecified atom stereocenters. The van der Waals surface area contributed by atoms with Crippen LogP contribution in [0, 0.1) is 0 Å². The molecule has 0 bridgehead atoms. The van der Waals surface area contributed by atoms with Gasteiger partial charge in [-0.25, -0.2) is 4.79 Å². The molecule has 0 radical (unpaired) electrons. The first kappa shape index (κ1) is 11.9. The fourth-order valence-electron chi connectivity index (χ4n) is 1.89. The van der Waals surface area contributed by atoms with Gasteiger partial charge in [0.05, 0.1) is 11.7 Å². The van der Waals surface area contributed by atoms with Crippen molar-refractivity contribution in [3.8, 4) is 5.75 Å². The average molecular weight is 235 g/mol. The standard InChI is InChI=1S/C12H17N3O2/c1-12(2)9-14-6-7-15(12)11(16)17-10-4-3-5-13-8-10/h3-5,8,14H,6-7,9H2,1-2H3. The number of pyridine rings is 1. The van der Waals surface area contributed by atoms with Gasteiger partial charge in [0.15, 0.2) is 5.75 Å². The highest BCUT2D eigenvalue weighted by atomic mass is 16.6. The minimum atomic E-state index is -0.315. The lowest BCUT2D eigenvalue weighted by atomic mass is 10.0. The number of amides is 1. The third-order valence-corrected chi connectivity index (χ3v) is 2.86. The highest BCUT2D eigenvalue weighted by Gasteiger charge is 2.34. The van der Waals surface area contributed by atoms with E-state index in [1.807, 2.05) is 13.8 Å². The molecule has 92 valence electrons. The van der Waals surface area contributed by atoms with E-state index in [0.717, 1.165) is 13.1 Å². The van der Waals surface area contributed by atoms with E-state index in [4.69, 9.17) is 4.74 Å². The summed E-state index contributed by atoms with van der Waals surface area (Å²) in [6.07, 6.45) is 2.86. The molecular formula is C12H17N3O2. The quantitative estimate of drug-likeness (QED) is 0.796. The lowest BCUT2D eigenvalue weighted by Crippen LogP contribution is -2.60. The number of piperazine rings is 1. The Balaban J connectivity index is 2.04. The van der Waals surface area contributed by atoms with Crippen molar-refractivity contribution in [1.82, 2.24) is 15.2 Å². The predicted octanol–water partition coefficient (Wildman–Crippen LogP) is 1.26. The first-order chi connectivity index (χ1) is 8.09. The van der Waals surface area contributed by atoms with Gasteiger partial charge in [-0.1, -0.05) is 0 Å². The molecule has 17 heavy (non-hydrogen) atoms. The van der Waals surface area contributed by atoms with Crippen LogP contribution in [0.2, 0.25) is 0 Å². The SMILES string of the molecule is CC1(C)CNCCN1C(=O)Oc1cccnc1. The van der Waals surface area contributed by atoms with Gasteiger partial charge in [0.2, 0.25) is 0 Å². The molecule has 0 aromatic carbocycles. The van der Waals surface area contributed by atoms with Gasteiger partial charge < -0.3 is 15.0 Å². The molecule has 1 N–H and O–H groups in total. The molecule has 0 saturated carbocycles. The number of hydrogen-bond donors (Lipinski definition) is 1. The Morgan fingerprint density at radius 1 is 1.59 bits per heavy atom. The Labute approximate surface area is 101 Å². The number of rotatable bonds is 1. The van der Waals surface area contributed by atoms with E-state index in [-0.39, 0.29) is 11.6 Å². The van der Waals surface area contributed by atoms with Crippen molar-refractivity contribution in [2.45, 2.75) is 19.4 Å². The third kappa shape index (κ3) is 2.74. The molecule has 1 saturated heterocycles. The van der Waals surface area contributed by atoms with Gasteiger partial charge in [-0.05, 0) is 26.0 Å². The second-order valence-electron chi connectivity index (χ2n) is 4.70. The second kappa shape index (κ2) is 4.71. The molecule has 2 rings (SSSR count). The van der Waals surface area contributed by atoms with E-state index in [2.05, 4.69) is 10.3 Å². The Hall–Kier alpha value is -1.62. The maximum Gasteiger partial charge on any atom is 0.415 e. The van der Waals surface area contributed by atoms with Crippen LogP contribution in [0.1, 0.15) is 13.8 Å². The van der Waals surface area contributed by atoms with Crippen LogP contribution in [0.15, 0.2) is 24.5 Å². The van der Waals surface area contributed by atoms with Crippen molar-refractivity contribution in [3.05, 3.63) is 24.5 Å². The summed E-state index contributed by atoms with van der Waals surface area (Å²) in [4.78, 5) is 17.7. The van der Waals surface area contributed by atoms with E-state index in [1.54, 1.807) is 23.2 Å². The van der Waals surface area contributed by atoms with Crippen LogP contribution in [-0.2, 0) is 0 Å². The van der Waals surface area contributed by atoms with Gasteiger partial charge in [0.25, 0.3) is 0 Å². The monoisotopic (exact) mass is 235 g/mol. The topological polar surface area (TPSA) is 54.5 Å². The Bertz CT molecular complexity index is 392. The Kier molecular flexibility index (Phi) is 3.28. The lowest BCUT2D eigenvalue weighted by molar-refractivity contribution is 0.0818. The summed E-state index contributed by atoms with van der Waals surface area (Å²) in [5.41, 5.74) is -0.225. The van der Waals surface area contributed by atoms with E-state index in [1.165, 1.54) is 6.20 Å². The van der Waals surface area contributed by atoms with Gasteiger partial charge in [-0.15, -0.1) is 0 Å². The molecule has 5 nitrogen and oxygen atoms in total. The van der Waals surface area contributed by atoms with Gasteiger partial charge in [-0.3, -0.25) is 4.98 Å². The largest absolute Gasteiger partial charge is 0.415 e. The van der Waals surface area contributed by atoms with Crippen LogP contribution in [0.4, 0.5) is 4.79 Å². The smallest absolute Gasteiger partial charge is 0.409 e.